The number of hydrogen-bond acceptors (Lipinski definition) is 5. The van der Waals surface area contributed by atoms with Crippen LogP contribution < -0.4 is 5.32 Å². The fourth-order valence-electron chi connectivity index (χ4n) is 2.69. The molecule has 1 amide bonds. The predicted octanol–water partition coefficient (Wildman–Crippen LogP) is 3.95. The van der Waals surface area contributed by atoms with Gasteiger partial charge in [-0.05, 0) is 53.1 Å². The summed E-state index contributed by atoms with van der Waals surface area (Å²) in [5.41, 5.74) is 4.70. The van der Waals surface area contributed by atoms with Crippen molar-refractivity contribution in [2.75, 3.05) is 5.32 Å². The Labute approximate surface area is 155 Å². The van der Waals surface area contributed by atoms with E-state index in [1.54, 1.807) is 30.7 Å². The topological polar surface area (TPSA) is 67.2 Å². The number of hydrogen-bond donors (Lipinski definition) is 1. The maximum atomic E-state index is 12.7. The maximum absolute atomic E-state index is 12.7. The zero-order chi connectivity index (χ0) is 17.8. The van der Waals surface area contributed by atoms with Crippen LogP contribution in [0.5, 0.6) is 0 Å². The molecule has 2 aromatic heterocycles. The van der Waals surface area contributed by atoms with Gasteiger partial charge in [-0.3, -0.25) is 14.8 Å². The van der Waals surface area contributed by atoms with E-state index in [9.17, 15) is 4.79 Å². The molecule has 0 radical (unpaired) electrons. The quantitative estimate of drug-likeness (QED) is 0.700. The fourth-order valence-corrected chi connectivity index (χ4v) is 3.63. The van der Waals surface area contributed by atoms with Crippen molar-refractivity contribution < 1.29 is 4.79 Å². The van der Waals surface area contributed by atoms with E-state index in [1.165, 1.54) is 17.3 Å². The van der Waals surface area contributed by atoms with E-state index in [0.717, 1.165) is 22.6 Å². The summed E-state index contributed by atoms with van der Waals surface area (Å²) >= 11 is 1.54. The number of fused-ring (bicyclic) bond motifs is 1. The minimum Gasteiger partial charge on any atom is -0.322 e. The normalized spacial score (nSPS) is 12.0. The summed E-state index contributed by atoms with van der Waals surface area (Å²) in [6, 6.07) is 13.4. The largest absolute Gasteiger partial charge is 0.322 e. The molecule has 0 unspecified atom stereocenters. The van der Waals surface area contributed by atoms with Gasteiger partial charge in [-0.15, -0.1) is 11.8 Å². The highest BCUT2D eigenvalue weighted by molar-refractivity contribution is 7.98. The van der Waals surface area contributed by atoms with E-state index in [0.29, 0.717) is 17.1 Å². The number of nitrogens with zero attached hydrogens (tertiary/aromatic N) is 3. The van der Waals surface area contributed by atoms with Crippen LogP contribution in [0.3, 0.4) is 0 Å². The van der Waals surface area contributed by atoms with Crippen molar-refractivity contribution in [3.63, 3.8) is 0 Å². The molecule has 3 heterocycles. The van der Waals surface area contributed by atoms with E-state index >= 15 is 0 Å². The van der Waals surface area contributed by atoms with Crippen LogP contribution >= 0.6 is 11.8 Å². The Bertz CT molecular complexity index is 973. The zero-order valence-corrected chi connectivity index (χ0v) is 14.7. The lowest BCUT2D eigenvalue weighted by Gasteiger charge is -2.10. The average Bonchev–Trinajstić information content (AvgIpc) is 3.15. The highest BCUT2D eigenvalue weighted by atomic mass is 32.2. The lowest BCUT2D eigenvalue weighted by atomic mass is 10.1. The van der Waals surface area contributed by atoms with Crippen molar-refractivity contribution in [2.45, 2.75) is 17.3 Å². The summed E-state index contributed by atoms with van der Waals surface area (Å²) in [7, 11) is 0. The summed E-state index contributed by atoms with van der Waals surface area (Å²) in [4.78, 5) is 25.4. The van der Waals surface area contributed by atoms with Crippen LogP contribution in [0, 0.1) is 0 Å². The Balaban J connectivity index is 1.50. The predicted molar refractivity (Wildman–Crippen MR) is 104 cm³/mol. The van der Waals surface area contributed by atoms with Gasteiger partial charge < -0.3 is 5.32 Å². The molecule has 4 rings (SSSR count). The third kappa shape index (κ3) is 3.65. The molecule has 0 aliphatic carbocycles. The fraction of sp³-hybridized carbons (Fsp3) is 0.100. The molecule has 6 heteroatoms. The highest BCUT2D eigenvalue weighted by Crippen LogP contribution is 2.25. The third-order valence-corrected chi connectivity index (χ3v) is 5.11. The van der Waals surface area contributed by atoms with Crippen molar-refractivity contribution in [2.24, 2.45) is 4.99 Å². The molecule has 26 heavy (non-hydrogen) atoms. The smallest absolute Gasteiger partial charge is 0.258 e. The number of amides is 1. The van der Waals surface area contributed by atoms with Gasteiger partial charge in [0.15, 0.2) is 0 Å². The summed E-state index contributed by atoms with van der Waals surface area (Å²) in [5.74, 6) is 0.569. The van der Waals surface area contributed by atoms with Crippen LogP contribution in [0.4, 0.5) is 5.69 Å². The molecule has 1 aliphatic rings. The molecular weight excluding hydrogens is 344 g/mol. The molecule has 3 aromatic rings. The first-order valence-electron chi connectivity index (χ1n) is 8.20. The number of anilines is 1. The maximum Gasteiger partial charge on any atom is 0.258 e. The number of carbonyl (C=O) groups is 1. The Kier molecular flexibility index (Phi) is 4.75. The standard InChI is InChI=1S/C20H16N4OS/c25-19(24-17-4-3-15-11-22-12-16(15)10-17)18-2-1-7-23-20(18)26-13-14-5-8-21-9-6-14/h1-10,12H,11,13H2,(H,24,25). The van der Waals surface area contributed by atoms with Crippen LogP contribution in [0.15, 0.2) is 71.1 Å². The molecule has 5 nitrogen and oxygen atoms in total. The van der Waals surface area contributed by atoms with Crippen LogP contribution in [0.2, 0.25) is 0 Å². The third-order valence-electron chi connectivity index (χ3n) is 4.04. The molecular formula is C20H16N4OS. The van der Waals surface area contributed by atoms with Crippen molar-refractivity contribution in [3.05, 3.63) is 83.3 Å². The monoisotopic (exact) mass is 360 g/mol. The molecule has 128 valence electrons. The van der Waals surface area contributed by atoms with Gasteiger partial charge in [-0.1, -0.05) is 6.07 Å². The molecule has 1 N–H and O–H groups in total. The van der Waals surface area contributed by atoms with E-state index in [2.05, 4.69) is 20.3 Å². The van der Waals surface area contributed by atoms with Gasteiger partial charge in [-0.25, -0.2) is 4.98 Å². The Morgan fingerprint density at radius 1 is 1.12 bits per heavy atom. The number of aliphatic imine (C=N–C) groups is 1. The van der Waals surface area contributed by atoms with Crippen LogP contribution in [0.1, 0.15) is 27.0 Å². The number of benzene rings is 1. The molecule has 0 saturated carbocycles. The van der Waals surface area contributed by atoms with Crippen LogP contribution in [-0.2, 0) is 12.3 Å². The molecule has 0 spiro atoms. The Morgan fingerprint density at radius 3 is 2.88 bits per heavy atom. The van der Waals surface area contributed by atoms with Crippen molar-refractivity contribution in [3.8, 4) is 0 Å². The Hall–Kier alpha value is -2.99. The van der Waals surface area contributed by atoms with Gasteiger partial charge in [-0.2, -0.15) is 0 Å². The minimum absolute atomic E-state index is 0.162. The summed E-state index contributed by atoms with van der Waals surface area (Å²) in [6.07, 6.45) is 7.07. The number of carbonyl (C=O) groups excluding carboxylic acids is 1. The van der Waals surface area contributed by atoms with Crippen LogP contribution in [0.25, 0.3) is 0 Å². The average molecular weight is 360 g/mol. The lowest BCUT2D eigenvalue weighted by molar-refractivity contribution is 0.102. The minimum atomic E-state index is -0.162. The van der Waals surface area contributed by atoms with E-state index in [4.69, 9.17) is 0 Å². The van der Waals surface area contributed by atoms with Gasteiger partial charge in [0.05, 0.1) is 12.1 Å². The molecule has 1 aromatic carbocycles. The lowest BCUT2D eigenvalue weighted by Crippen LogP contribution is -2.14. The first kappa shape index (κ1) is 16.5. The number of thioether (sulfide) groups is 1. The number of pyridine rings is 2. The van der Waals surface area contributed by atoms with Gasteiger partial charge in [0, 0.05) is 36.2 Å². The van der Waals surface area contributed by atoms with E-state index in [-0.39, 0.29) is 5.91 Å². The van der Waals surface area contributed by atoms with Gasteiger partial charge in [0.2, 0.25) is 0 Å². The number of nitrogens with one attached hydrogen (secondary N) is 1. The molecule has 0 bridgehead atoms. The second-order valence-corrected chi connectivity index (χ2v) is 6.80. The molecule has 0 saturated heterocycles. The first-order valence-corrected chi connectivity index (χ1v) is 9.19. The SMILES string of the molecule is O=C(Nc1ccc2c(c1)C=NC2)c1cccnc1SCc1ccncc1. The summed E-state index contributed by atoms with van der Waals surface area (Å²) in [5, 5.41) is 3.68. The molecule has 0 fully saturated rings. The second-order valence-electron chi connectivity index (χ2n) is 5.84. The van der Waals surface area contributed by atoms with Gasteiger partial charge in [0.1, 0.15) is 5.03 Å². The number of rotatable bonds is 5. The van der Waals surface area contributed by atoms with E-state index < -0.39 is 0 Å². The van der Waals surface area contributed by atoms with Crippen molar-refractivity contribution >= 4 is 29.6 Å². The number of aromatic nitrogens is 2. The Morgan fingerprint density at radius 2 is 2.00 bits per heavy atom. The molecule has 1 aliphatic heterocycles. The second kappa shape index (κ2) is 7.49. The highest BCUT2D eigenvalue weighted by Gasteiger charge is 2.14. The van der Waals surface area contributed by atoms with Gasteiger partial charge >= 0.3 is 0 Å². The first-order chi connectivity index (χ1) is 12.8. The van der Waals surface area contributed by atoms with Gasteiger partial charge in [0.25, 0.3) is 5.91 Å². The molecule has 0 atom stereocenters. The van der Waals surface area contributed by atoms with Crippen molar-refractivity contribution in [1.29, 1.82) is 0 Å². The van der Waals surface area contributed by atoms with E-state index in [1.807, 2.05) is 36.5 Å². The summed E-state index contributed by atoms with van der Waals surface area (Å²) in [6.45, 7) is 0.710. The van der Waals surface area contributed by atoms with Crippen molar-refractivity contribution in [1.82, 2.24) is 9.97 Å². The summed E-state index contributed by atoms with van der Waals surface area (Å²) < 4.78 is 0. The zero-order valence-electron chi connectivity index (χ0n) is 13.9. The van der Waals surface area contributed by atoms with Crippen LogP contribution in [-0.4, -0.2) is 22.1 Å².